The fraction of sp³-hybridized carbons (Fsp3) is 0.533. The number of rotatable bonds is 4. The molecule has 1 aliphatic carbocycles. The van der Waals surface area contributed by atoms with E-state index in [-0.39, 0.29) is 12.6 Å². The average molecular weight is 248 g/mol. The number of esters is 1. The van der Waals surface area contributed by atoms with Crippen LogP contribution in [0.2, 0.25) is 0 Å². The SMILES string of the molecule is COC(=O)COc1cc(C2CCCC2)ccc1C. The molecule has 0 heterocycles. The minimum absolute atomic E-state index is 0.0224. The van der Waals surface area contributed by atoms with Gasteiger partial charge in [0.1, 0.15) is 5.75 Å². The van der Waals surface area contributed by atoms with Crippen LogP contribution in [0.3, 0.4) is 0 Å². The molecule has 3 nitrogen and oxygen atoms in total. The van der Waals surface area contributed by atoms with Crippen molar-refractivity contribution < 1.29 is 14.3 Å². The molecule has 3 heteroatoms. The summed E-state index contributed by atoms with van der Waals surface area (Å²) in [6, 6.07) is 6.32. The van der Waals surface area contributed by atoms with E-state index in [0.29, 0.717) is 5.92 Å². The normalized spacial score (nSPS) is 15.7. The third kappa shape index (κ3) is 3.03. The van der Waals surface area contributed by atoms with Gasteiger partial charge in [-0.25, -0.2) is 4.79 Å². The molecule has 0 atom stereocenters. The predicted molar refractivity (Wildman–Crippen MR) is 69.9 cm³/mol. The topological polar surface area (TPSA) is 35.5 Å². The highest BCUT2D eigenvalue weighted by Gasteiger charge is 2.18. The minimum Gasteiger partial charge on any atom is -0.482 e. The third-order valence-corrected chi connectivity index (χ3v) is 3.61. The van der Waals surface area contributed by atoms with Crippen LogP contribution in [0.15, 0.2) is 18.2 Å². The first-order valence-electron chi connectivity index (χ1n) is 6.51. The smallest absolute Gasteiger partial charge is 0.343 e. The Balaban J connectivity index is 2.08. The fourth-order valence-electron chi connectivity index (χ4n) is 2.48. The molecule has 0 aliphatic heterocycles. The van der Waals surface area contributed by atoms with Gasteiger partial charge in [0.15, 0.2) is 6.61 Å². The Hall–Kier alpha value is -1.51. The zero-order valence-corrected chi connectivity index (χ0v) is 11.1. The number of hydrogen-bond donors (Lipinski definition) is 0. The number of methoxy groups -OCH3 is 1. The largest absolute Gasteiger partial charge is 0.482 e. The number of hydrogen-bond acceptors (Lipinski definition) is 3. The van der Waals surface area contributed by atoms with E-state index < -0.39 is 0 Å². The standard InChI is InChI=1S/C15H20O3/c1-11-7-8-13(12-5-3-4-6-12)9-14(11)18-10-15(16)17-2/h7-9,12H,3-6,10H2,1-2H3. The maximum atomic E-state index is 11.1. The molecule has 1 saturated carbocycles. The van der Waals surface area contributed by atoms with E-state index in [0.717, 1.165) is 11.3 Å². The molecule has 1 fully saturated rings. The van der Waals surface area contributed by atoms with Gasteiger partial charge in [-0.15, -0.1) is 0 Å². The Bertz CT molecular complexity index is 420. The monoisotopic (exact) mass is 248 g/mol. The lowest BCUT2D eigenvalue weighted by Gasteiger charge is -2.14. The first-order chi connectivity index (χ1) is 8.70. The molecule has 0 aromatic heterocycles. The highest BCUT2D eigenvalue weighted by molar-refractivity contribution is 5.70. The van der Waals surface area contributed by atoms with Crippen LogP contribution in [0.25, 0.3) is 0 Å². The molecule has 0 amide bonds. The van der Waals surface area contributed by atoms with Crippen molar-refractivity contribution in [2.24, 2.45) is 0 Å². The van der Waals surface area contributed by atoms with Crippen molar-refractivity contribution in [2.45, 2.75) is 38.5 Å². The summed E-state index contributed by atoms with van der Waals surface area (Å²) in [7, 11) is 1.37. The van der Waals surface area contributed by atoms with Gasteiger partial charge in [0.25, 0.3) is 0 Å². The van der Waals surface area contributed by atoms with Gasteiger partial charge in [0, 0.05) is 0 Å². The van der Waals surface area contributed by atoms with Gasteiger partial charge < -0.3 is 9.47 Å². The van der Waals surface area contributed by atoms with Gasteiger partial charge >= 0.3 is 5.97 Å². The van der Waals surface area contributed by atoms with E-state index >= 15 is 0 Å². The van der Waals surface area contributed by atoms with Crippen molar-refractivity contribution in [1.82, 2.24) is 0 Å². The van der Waals surface area contributed by atoms with E-state index in [9.17, 15) is 4.79 Å². The molecule has 1 aliphatic rings. The van der Waals surface area contributed by atoms with Gasteiger partial charge in [-0.1, -0.05) is 25.0 Å². The number of ether oxygens (including phenoxy) is 2. The van der Waals surface area contributed by atoms with Crippen molar-refractivity contribution >= 4 is 5.97 Å². The van der Waals surface area contributed by atoms with Crippen LogP contribution in [-0.2, 0) is 9.53 Å². The summed E-state index contributed by atoms with van der Waals surface area (Å²) in [5.74, 6) is 1.11. The molecule has 98 valence electrons. The molecule has 0 spiro atoms. The van der Waals surface area contributed by atoms with Crippen LogP contribution in [-0.4, -0.2) is 19.7 Å². The van der Waals surface area contributed by atoms with Crippen LogP contribution in [0.1, 0.15) is 42.7 Å². The summed E-state index contributed by atoms with van der Waals surface area (Å²) in [6.07, 6.45) is 5.16. The fourth-order valence-corrected chi connectivity index (χ4v) is 2.48. The maximum absolute atomic E-state index is 11.1. The Morgan fingerprint density at radius 1 is 1.33 bits per heavy atom. The maximum Gasteiger partial charge on any atom is 0.343 e. The lowest BCUT2D eigenvalue weighted by Crippen LogP contribution is -2.13. The number of aryl methyl sites for hydroxylation is 1. The second-order valence-corrected chi connectivity index (χ2v) is 4.87. The predicted octanol–water partition coefficient (Wildman–Crippen LogP) is 3.20. The molecular formula is C15H20O3. The first-order valence-corrected chi connectivity index (χ1v) is 6.51. The number of carbonyl (C=O) groups excluding carboxylic acids is 1. The summed E-state index contributed by atoms with van der Waals surface area (Å²) in [5, 5.41) is 0. The Morgan fingerprint density at radius 2 is 2.06 bits per heavy atom. The van der Waals surface area contributed by atoms with Crippen LogP contribution in [0.5, 0.6) is 5.75 Å². The zero-order chi connectivity index (χ0) is 13.0. The second-order valence-electron chi connectivity index (χ2n) is 4.87. The number of carbonyl (C=O) groups is 1. The van der Waals surface area contributed by atoms with Gasteiger partial charge in [0.2, 0.25) is 0 Å². The van der Waals surface area contributed by atoms with Gasteiger partial charge in [-0.05, 0) is 42.9 Å². The van der Waals surface area contributed by atoms with Crippen LogP contribution in [0.4, 0.5) is 0 Å². The first kappa shape index (κ1) is 12.9. The Kier molecular flexibility index (Phi) is 4.24. The van der Waals surface area contributed by atoms with E-state index in [2.05, 4.69) is 22.9 Å². The molecule has 0 unspecified atom stereocenters. The van der Waals surface area contributed by atoms with Crippen LogP contribution < -0.4 is 4.74 Å². The van der Waals surface area contributed by atoms with E-state index in [1.165, 1.54) is 38.4 Å². The van der Waals surface area contributed by atoms with E-state index in [4.69, 9.17) is 4.74 Å². The van der Waals surface area contributed by atoms with Crippen molar-refractivity contribution in [3.8, 4) is 5.75 Å². The molecule has 1 aromatic rings. The molecule has 1 aromatic carbocycles. The van der Waals surface area contributed by atoms with Crippen molar-refractivity contribution in [3.63, 3.8) is 0 Å². The Labute approximate surface area is 108 Å². The summed E-state index contributed by atoms with van der Waals surface area (Å²) in [4.78, 5) is 11.1. The summed E-state index contributed by atoms with van der Waals surface area (Å²) in [5.41, 5.74) is 2.39. The lowest BCUT2D eigenvalue weighted by atomic mass is 9.96. The Morgan fingerprint density at radius 3 is 2.72 bits per heavy atom. The average Bonchev–Trinajstić information content (AvgIpc) is 2.91. The van der Waals surface area contributed by atoms with Crippen LogP contribution in [0, 0.1) is 6.92 Å². The quantitative estimate of drug-likeness (QED) is 0.767. The van der Waals surface area contributed by atoms with Gasteiger partial charge in [0.05, 0.1) is 7.11 Å². The summed E-state index contributed by atoms with van der Waals surface area (Å²) in [6.45, 7) is 1.97. The molecule has 0 radical (unpaired) electrons. The molecule has 0 saturated heterocycles. The van der Waals surface area contributed by atoms with Gasteiger partial charge in [-0.2, -0.15) is 0 Å². The van der Waals surface area contributed by atoms with Crippen LogP contribution >= 0.6 is 0 Å². The lowest BCUT2D eigenvalue weighted by molar-refractivity contribution is -0.142. The van der Waals surface area contributed by atoms with Crippen molar-refractivity contribution in [2.75, 3.05) is 13.7 Å². The molecule has 18 heavy (non-hydrogen) atoms. The highest BCUT2D eigenvalue weighted by Crippen LogP contribution is 2.36. The van der Waals surface area contributed by atoms with Gasteiger partial charge in [-0.3, -0.25) is 0 Å². The molecular weight excluding hydrogens is 228 g/mol. The summed E-state index contributed by atoms with van der Waals surface area (Å²) < 4.78 is 10.1. The van der Waals surface area contributed by atoms with Crippen molar-refractivity contribution in [3.05, 3.63) is 29.3 Å². The molecule has 0 N–H and O–H groups in total. The molecule has 2 rings (SSSR count). The minimum atomic E-state index is -0.347. The molecule has 0 bridgehead atoms. The summed E-state index contributed by atoms with van der Waals surface area (Å²) >= 11 is 0. The zero-order valence-electron chi connectivity index (χ0n) is 11.1. The second kappa shape index (κ2) is 5.89. The van der Waals surface area contributed by atoms with Crippen molar-refractivity contribution in [1.29, 1.82) is 0 Å². The number of benzene rings is 1. The van der Waals surface area contributed by atoms with E-state index in [1.54, 1.807) is 0 Å². The van der Waals surface area contributed by atoms with E-state index in [1.807, 2.05) is 6.92 Å². The highest BCUT2D eigenvalue weighted by atomic mass is 16.6. The third-order valence-electron chi connectivity index (χ3n) is 3.61.